The van der Waals surface area contributed by atoms with Crippen LogP contribution in [0.1, 0.15) is 39.0 Å². The van der Waals surface area contributed by atoms with E-state index in [2.05, 4.69) is 26.1 Å². The van der Waals surface area contributed by atoms with Crippen LogP contribution >= 0.6 is 0 Å². The van der Waals surface area contributed by atoms with E-state index < -0.39 is 12.7 Å². The third-order valence-corrected chi connectivity index (χ3v) is 2.76. The Morgan fingerprint density at radius 1 is 1.25 bits per heavy atom. The molecular formula is C14H23F3N2O. The number of nitrogens with one attached hydrogen (secondary N) is 1. The molecule has 20 heavy (non-hydrogen) atoms. The lowest BCUT2D eigenvalue weighted by Crippen LogP contribution is -2.35. The van der Waals surface area contributed by atoms with Gasteiger partial charge in [-0.05, 0) is 33.4 Å². The molecule has 3 nitrogen and oxygen atoms in total. The zero-order valence-electron chi connectivity index (χ0n) is 12.5. The topological polar surface area (TPSA) is 28.4 Å². The van der Waals surface area contributed by atoms with E-state index >= 15 is 0 Å². The molecule has 0 aliphatic rings. The van der Waals surface area contributed by atoms with Crippen molar-refractivity contribution in [2.45, 2.75) is 52.5 Å². The molecule has 0 fully saturated rings. The second-order valence-corrected chi connectivity index (χ2v) is 5.94. The zero-order chi connectivity index (χ0) is 15.4. The van der Waals surface area contributed by atoms with Gasteiger partial charge in [0.2, 0.25) is 0 Å². The first-order valence-corrected chi connectivity index (χ1v) is 6.69. The predicted octanol–water partition coefficient (Wildman–Crippen LogP) is 3.55. The monoisotopic (exact) mass is 292 g/mol. The van der Waals surface area contributed by atoms with E-state index in [0.717, 1.165) is 5.56 Å². The molecule has 0 saturated carbocycles. The second kappa shape index (κ2) is 6.63. The Bertz CT molecular complexity index is 407. The van der Waals surface area contributed by atoms with E-state index in [-0.39, 0.29) is 12.1 Å². The van der Waals surface area contributed by atoms with Gasteiger partial charge in [-0.3, -0.25) is 4.90 Å². The molecule has 0 spiro atoms. The van der Waals surface area contributed by atoms with Gasteiger partial charge in [0.05, 0.1) is 19.4 Å². The minimum Gasteiger partial charge on any atom is -0.468 e. The maximum absolute atomic E-state index is 12.4. The second-order valence-electron chi connectivity index (χ2n) is 5.94. The third-order valence-electron chi connectivity index (χ3n) is 2.76. The summed E-state index contributed by atoms with van der Waals surface area (Å²) in [5.74, 6) is 0.557. The van der Waals surface area contributed by atoms with Crippen molar-refractivity contribution < 1.29 is 17.6 Å². The van der Waals surface area contributed by atoms with E-state index in [0.29, 0.717) is 18.8 Å². The van der Waals surface area contributed by atoms with Crippen molar-refractivity contribution in [3.05, 3.63) is 23.7 Å². The van der Waals surface area contributed by atoms with Crippen molar-refractivity contribution in [1.29, 1.82) is 0 Å². The fourth-order valence-electron chi connectivity index (χ4n) is 1.72. The SMILES string of the molecule is CCN(Cc1cc(CNC(C)(C)C)co1)CC(F)(F)F. The molecule has 1 heterocycles. The number of nitrogens with zero attached hydrogens (tertiary/aromatic N) is 1. The number of rotatable bonds is 6. The van der Waals surface area contributed by atoms with Crippen LogP contribution in [0.15, 0.2) is 16.7 Å². The van der Waals surface area contributed by atoms with Gasteiger partial charge in [0.1, 0.15) is 5.76 Å². The molecule has 0 bridgehead atoms. The van der Waals surface area contributed by atoms with Crippen LogP contribution in [0.3, 0.4) is 0 Å². The van der Waals surface area contributed by atoms with Crippen LogP contribution in [-0.2, 0) is 13.1 Å². The van der Waals surface area contributed by atoms with Crippen molar-refractivity contribution >= 4 is 0 Å². The van der Waals surface area contributed by atoms with Crippen molar-refractivity contribution in [2.24, 2.45) is 0 Å². The first-order chi connectivity index (χ1) is 9.09. The molecule has 0 aliphatic carbocycles. The summed E-state index contributed by atoms with van der Waals surface area (Å²) < 4.78 is 42.4. The van der Waals surface area contributed by atoms with Crippen LogP contribution in [-0.4, -0.2) is 29.7 Å². The maximum atomic E-state index is 12.4. The van der Waals surface area contributed by atoms with Crippen molar-refractivity contribution in [3.8, 4) is 0 Å². The molecular weight excluding hydrogens is 269 g/mol. The highest BCUT2D eigenvalue weighted by Crippen LogP contribution is 2.19. The molecule has 0 aromatic carbocycles. The summed E-state index contributed by atoms with van der Waals surface area (Å²) in [5.41, 5.74) is 0.932. The largest absolute Gasteiger partial charge is 0.468 e. The van der Waals surface area contributed by atoms with E-state index in [9.17, 15) is 13.2 Å². The Morgan fingerprint density at radius 3 is 2.40 bits per heavy atom. The number of hydrogen-bond acceptors (Lipinski definition) is 3. The summed E-state index contributed by atoms with van der Waals surface area (Å²) in [4.78, 5) is 1.31. The molecule has 0 atom stereocenters. The molecule has 116 valence electrons. The Kier molecular flexibility index (Phi) is 5.65. The van der Waals surface area contributed by atoms with E-state index in [1.807, 2.05) is 0 Å². The quantitative estimate of drug-likeness (QED) is 0.869. The maximum Gasteiger partial charge on any atom is 0.401 e. The van der Waals surface area contributed by atoms with Crippen LogP contribution < -0.4 is 5.32 Å². The molecule has 0 radical (unpaired) electrons. The Hall–Kier alpha value is -1.01. The summed E-state index contributed by atoms with van der Waals surface area (Å²) in [5, 5.41) is 3.30. The molecule has 6 heteroatoms. The fraction of sp³-hybridized carbons (Fsp3) is 0.714. The molecule has 1 aromatic heterocycles. The number of alkyl halides is 3. The zero-order valence-corrected chi connectivity index (χ0v) is 12.5. The average Bonchev–Trinajstić information content (AvgIpc) is 2.70. The smallest absolute Gasteiger partial charge is 0.401 e. The average molecular weight is 292 g/mol. The molecule has 1 rings (SSSR count). The number of hydrogen-bond donors (Lipinski definition) is 1. The third kappa shape index (κ3) is 6.96. The lowest BCUT2D eigenvalue weighted by atomic mass is 10.1. The minimum atomic E-state index is -4.18. The van der Waals surface area contributed by atoms with Crippen LogP contribution in [0.25, 0.3) is 0 Å². The summed E-state index contributed by atoms with van der Waals surface area (Å²) in [6.45, 7) is 8.08. The van der Waals surface area contributed by atoms with Crippen LogP contribution in [0.5, 0.6) is 0 Å². The first-order valence-electron chi connectivity index (χ1n) is 6.69. The Labute approximate surface area is 118 Å². The molecule has 0 amide bonds. The number of halogens is 3. The van der Waals surface area contributed by atoms with Gasteiger partial charge in [-0.15, -0.1) is 0 Å². The fourth-order valence-corrected chi connectivity index (χ4v) is 1.72. The highest BCUT2D eigenvalue weighted by molar-refractivity contribution is 5.13. The van der Waals surface area contributed by atoms with Gasteiger partial charge in [-0.1, -0.05) is 6.92 Å². The number of furan rings is 1. The van der Waals surface area contributed by atoms with Gasteiger partial charge in [0, 0.05) is 17.6 Å². The Morgan fingerprint density at radius 2 is 1.90 bits per heavy atom. The van der Waals surface area contributed by atoms with Crippen molar-refractivity contribution in [2.75, 3.05) is 13.1 Å². The highest BCUT2D eigenvalue weighted by atomic mass is 19.4. The summed E-state index contributed by atoms with van der Waals surface area (Å²) in [6.07, 6.45) is -2.59. The first kappa shape index (κ1) is 17.0. The summed E-state index contributed by atoms with van der Waals surface area (Å²) >= 11 is 0. The van der Waals surface area contributed by atoms with Crippen LogP contribution in [0, 0.1) is 0 Å². The van der Waals surface area contributed by atoms with Gasteiger partial charge in [0.15, 0.2) is 0 Å². The van der Waals surface area contributed by atoms with Gasteiger partial charge in [-0.2, -0.15) is 13.2 Å². The van der Waals surface area contributed by atoms with Crippen LogP contribution in [0.2, 0.25) is 0 Å². The van der Waals surface area contributed by atoms with E-state index in [4.69, 9.17) is 4.42 Å². The normalized spacial score (nSPS) is 13.2. The van der Waals surface area contributed by atoms with E-state index in [1.54, 1.807) is 19.3 Å². The lowest BCUT2D eigenvalue weighted by Gasteiger charge is -2.20. The van der Waals surface area contributed by atoms with Gasteiger partial charge in [-0.25, -0.2) is 0 Å². The van der Waals surface area contributed by atoms with Crippen molar-refractivity contribution in [3.63, 3.8) is 0 Å². The Balaban J connectivity index is 2.54. The minimum absolute atomic E-state index is 0.0107. The van der Waals surface area contributed by atoms with Gasteiger partial charge < -0.3 is 9.73 Å². The highest BCUT2D eigenvalue weighted by Gasteiger charge is 2.30. The van der Waals surface area contributed by atoms with Gasteiger partial charge >= 0.3 is 6.18 Å². The molecule has 0 saturated heterocycles. The molecule has 1 aromatic rings. The van der Waals surface area contributed by atoms with E-state index in [1.165, 1.54) is 4.90 Å². The molecule has 0 unspecified atom stereocenters. The lowest BCUT2D eigenvalue weighted by molar-refractivity contribution is -0.147. The van der Waals surface area contributed by atoms with Crippen molar-refractivity contribution in [1.82, 2.24) is 10.2 Å². The van der Waals surface area contributed by atoms with Crippen LogP contribution in [0.4, 0.5) is 13.2 Å². The van der Waals surface area contributed by atoms with Gasteiger partial charge in [0.25, 0.3) is 0 Å². The molecule has 1 N–H and O–H groups in total. The summed E-state index contributed by atoms with van der Waals surface area (Å²) in [6, 6.07) is 1.80. The predicted molar refractivity (Wildman–Crippen MR) is 72.3 cm³/mol. The molecule has 0 aliphatic heterocycles. The standard InChI is InChI=1S/C14H23F3N2O/c1-5-19(10-14(15,16)17)8-12-6-11(9-20-12)7-18-13(2,3)4/h6,9,18H,5,7-8,10H2,1-4H3. The summed E-state index contributed by atoms with van der Waals surface area (Å²) in [7, 11) is 0.